The number of urea groups is 1. The highest BCUT2D eigenvalue weighted by molar-refractivity contribution is 5.99. The number of nitrogens with two attached hydrogens (primary N) is 1. The molecule has 1 atom stereocenters. The van der Waals surface area contributed by atoms with Gasteiger partial charge in [-0.25, -0.2) is 9.59 Å². The lowest BCUT2D eigenvalue weighted by molar-refractivity contribution is -0.139. The third-order valence-corrected chi connectivity index (χ3v) is 3.72. The van der Waals surface area contributed by atoms with E-state index in [-0.39, 0.29) is 13.0 Å². The number of benzene rings is 1. The highest BCUT2D eigenvalue weighted by Gasteiger charge is 2.20. The highest BCUT2D eigenvalue weighted by atomic mass is 16.4. The van der Waals surface area contributed by atoms with Crippen LogP contribution in [-0.2, 0) is 11.8 Å². The average molecular weight is 332 g/mol. The molecule has 8 heteroatoms. The first kappa shape index (κ1) is 17.3. The van der Waals surface area contributed by atoms with E-state index in [0.29, 0.717) is 12.0 Å². The molecule has 2 aromatic rings. The molecule has 24 heavy (non-hydrogen) atoms. The lowest BCUT2D eigenvalue weighted by Crippen LogP contribution is -2.41. The Hall–Kier alpha value is -3.03. The first-order valence-electron chi connectivity index (χ1n) is 7.50. The van der Waals surface area contributed by atoms with Gasteiger partial charge in [0.2, 0.25) is 0 Å². The maximum atomic E-state index is 12.3. The number of amides is 3. The molecule has 1 heterocycles. The van der Waals surface area contributed by atoms with Crippen LogP contribution >= 0.6 is 0 Å². The molecule has 2 rings (SSSR count). The Morgan fingerprint density at radius 2 is 2.04 bits per heavy atom. The fraction of sp³-hybridized carbons (Fsp3) is 0.312. The molecule has 0 radical (unpaired) electrons. The highest BCUT2D eigenvalue weighted by Crippen LogP contribution is 2.16. The lowest BCUT2D eigenvalue weighted by Gasteiger charge is -2.14. The molecule has 0 aliphatic heterocycles. The van der Waals surface area contributed by atoms with Gasteiger partial charge in [-0.2, -0.15) is 0 Å². The maximum absolute atomic E-state index is 12.3. The molecule has 128 valence electrons. The summed E-state index contributed by atoms with van der Waals surface area (Å²) in [6, 6.07) is 5.39. The maximum Gasteiger partial charge on any atom is 0.326 e. The standard InChI is InChI=1S/C16H20N4O4/c1-20-8-6-10-9-11(4-5-13(10)20)14(21)19-12(15(22)23)3-2-7-18-16(17)24/h4-6,8-9,12H,2-3,7H2,1H3,(H,19,21)(H,22,23)(H3,17,18,24)/t12-/m1/s1. The second-order valence-electron chi connectivity index (χ2n) is 5.50. The number of carboxylic acids is 1. The molecule has 0 saturated heterocycles. The molecule has 3 amide bonds. The Morgan fingerprint density at radius 1 is 1.29 bits per heavy atom. The first-order valence-corrected chi connectivity index (χ1v) is 7.50. The van der Waals surface area contributed by atoms with Gasteiger partial charge in [0.25, 0.3) is 5.91 Å². The summed E-state index contributed by atoms with van der Waals surface area (Å²) in [5.41, 5.74) is 6.32. The summed E-state index contributed by atoms with van der Waals surface area (Å²) >= 11 is 0. The predicted molar refractivity (Wildman–Crippen MR) is 88.6 cm³/mol. The van der Waals surface area contributed by atoms with Crippen molar-refractivity contribution < 1.29 is 19.5 Å². The number of carbonyl (C=O) groups excluding carboxylic acids is 2. The third kappa shape index (κ3) is 4.25. The summed E-state index contributed by atoms with van der Waals surface area (Å²) < 4.78 is 1.93. The van der Waals surface area contributed by atoms with Gasteiger partial charge in [0.15, 0.2) is 0 Å². The number of aryl methyl sites for hydroxylation is 1. The van der Waals surface area contributed by atoms with Crippen LogP contribution in [0.2, 0.25) is 0 Å². The third-order valence-electron chi connectivity index (χ3n) is 3.72. The van der Waals surface area contributed by atoms with Crippen molar-refractivity contribution in [2.24, 2.45) is 12.8 Å². The number of rotatable bonds is 7. The van der Waals surface area contributed by atoms with Crippen molar-refractivity contribution >= 4 is 28.8 Å². The van der Waals surface area contributed by atoms with Gasteiger partial charge in [0, 0.05) is 36.3 Å². The summed E-state index contributed by atoms with van der Waals surface area (Å²) in [6.45, 7) is 0.255. The molecule has 0 unspecified atom stereocenters. The number of fused-ring (bicyclic) bond motifs is 1. The number of carbonyl (C=O) groups is 3. The molecule has 0 saturated carbocycles. The predicted octanol–water partition coefficient (Wildman–Crippen LogP) is 0.810. The second kappa shape index (κ2) is 7.49. The number of aromatic nitrogens is 1. The first-order chi connectivity index (χ1) is 11.4. The van der Waals surface area contributed by atoms with Crippen LogP contribution in [0.25, 0.3) is 10.9 Å². The van der Waals surface area contributed by atoms with E-state index in [1.165, 1.54) is 0 Å². The van der Waals surface area contributed by atoms with Crippen molar-refractivity contribution in [2.45, 2.75) is 18.9 Å². The van der Waals surface area contributed by atoms with Gasteiger partial charge in [-0.15, -0.1) is 0 Å². The van der Waals surface area contributed by atoms with Crippen LogP contribution in [0.4, 0.5) is 4.79 Å². The molecule has 1 aromatic carbocycles. The smallest absolute Gasteiger partial charge is 0.326 e. The van der Waals surface area contributed by atoms with Crippen LogP contribution in [0.5, 0.6) is 0 Å². The molecule has 0 spiro atoms. The molecular weight excluding hydrogens is 312 g/mol. The molecule has 0 aliphatic carbocycles. The number of hydrogen-bond acceptors (Lipinski definition) is 3. The minimum Gasteiger partial charge on any atom is -0.480 e. The van der Waals surface area contributed by atoms with Crippen LogP contribution in [0, 0.1) is 0 Å². The topological polar surface area (TPSA) is 126 Å². The molecule has 8 nitrogen and oxygen atoms in total. The normalized spacial score (nSPS) is 11.9. The molecule has 5 N–H and O–H groups in total. The Kier molecular flexibility index (Phi) is 5.41. The minimum atomic E-state index is -1.12. The SMILES string of the molecule is Cn1ccc2cc(C(=O)N[C@H](CCCNC(N)=O)C(=O)O)ccc21. The van der Waals surface area contributed by atoms with Gasteiger partial charge in [0.1, 0.15) is 6.04 Å². The van der Waals surface area contributed by atoms with Crippen molar-refractivity contribution in [3.8, 4) is 0 Å². The zero-order valence-corrected chi connectivity index (χ0v) is 13.3. The Balaban J connectivity index is 2.00. The molecule has 1 aromatic heterocycles. The number of nitrogens with zero attached hydrogens (tertiary/aromatic N) is 1. The van der Waals surface area contributed by atoms with Crippen molar-refractivity contribution in [3.05, 3.63) is 36.0 Å². The van der Waals surface area contributed by atoms with Gasteiger partial charge in [-0.05, 0) is 37.1 Å². The number of hydrogen-bond donors (Lipinski definition) is 4. The van der Waals surface area contributed by atoms with E-state index in [0.717, 1.165) is 10.9 Å². The molecule has 0 bridgehead atoms. The van der Waals surface area contributed by atoms with Gasteiger partial charge >= 0.3 is 12.0 Å². The number of nitrogens with one attached hydrogen (secondary N) is 2. The van der Waals surface area contributed by atoms with Crippen LogP contribution in [0.1, 0.15) is 23.2 Å². The van der Waals surface area contributed by atoms with E-state index in [9.17, 15) is 19.5 Å². The van der Waals surface area contributed by atoms with E-state index in [4.69, 9.17) is 5.73 Å². The average Bonchev–Trinajstić information content (AvgIpc) is 2.90. The van der Waals surface area contributed by atoms with E-state index >= 15 is 0 Å². The fourth-order valence-corrected chi connectivity index (χ4v) is 2.44. The molecule has 0 fully saturated rings. The van der Waals surface area contributed by atoms with E-state index in [2.05, 4.69) is 10.6 Å². The van der Waals surface area contributed by atoms with E-state index in [1.54, 1.807) is 12.1 Å². The summed E-state index contributed by atoms with van der Waals surface area (Å²) in [7, 11) is 1.91. The van der Waals surface area contributed by atoms with Crippen LogP contribution in [-0.4, -0.2) is 40.2 Å². The van der Waals surface area contributed by atoms with Crippen LogP contribution < -0.4 is 16.4 Å². The van der Waals surface area contributed by atoms with E-state index in [1.807, 2.05) is 29.9 Å². The summed E-state index contributed by atoms with van der Waals surface area (Å²) in [5.74, 6) is -1.57. The summed E-state index contributed by atoms with van der Waals surface area (Å²) in [4.78, 5) is 34.1. The minimum absolute atomic E-state index is 0.189. The number of aliphatic carboxylic acids is 1. The fourth-order valence-electron chi connectivity index (χ4n) is 2.44. The monoisotopic (exact) mass is 332 g/mol. The molecular formula is C16H20N4O4. The zero-order chi connectivity index (χ0) is 17.7. The van der Waals surface area contributed by atoms with Gasteiger partial charge in [0.05, 0.1) is 0 Å². The van der Waals surface area contributed by atoms with Crippen LogP contribution in [0.3, 0.4) is 0 Å². The number of carboxylic acid groups (broad SMARTS) is 1. The Labute approximate surface area is 138 Å². The van der Waals surface area contributed by atoms with Gasteiger partial charge < -0.3 is 26.0 Å². The van der Waals surface area contributed by atoms with Crippen molar-refractivity contribution in [3.63, 3.8) is 0 Å². The van der Waals surface area contributed by atoms with Gasteiger partial charge in [-0.1, -0.05) is 0 Å². The van der Waals surface area contributed by atoms with Crippen molar-refractivity contribution in [1.29, 1.82) is 0 Å². The van der Waals surface area contributed by atoms with E-state index < -0.39 is 23.9 Å². The summed E-state index contributed by atoms with van der Waals surface area (Å²) in [6.07, 6.45) is 2.46. The van der Waals surface area contributed by atoms with Crippen LogP contribution in [0.15, 0.2) is 30.5 Å². The van der Waals surface area contributed by atoms with Gasteiger partial charge in [-0.3, -0.25) is 4.79 Å². The van der Waals surface area contributed by atoms with Crippen molar-refractivity contribution in [2.75, 3.05) is 6.54 Å². The molecule has 0 aliphatic rings. The number of primary amides is 1. The quantitative estimate of drug-likeness (QED) is 0.560. The Bertz CT molecular complexity index is 769. The Morgan fingerprint density at radius 3 is 2.71 bits per heavy atom. The largest absolute Gasteiger partial charge is 0.480 e. The second-order valence-corrected chi connectivity index (χ2v) is 5.50. The van der Waals surface area contributed by atoms with Crippen molar-refractivity contribution in [1.82, 2.24) is 15.2 Å². The lowest BCUT2D eigenvalue weighted by atomic mass is 10.1. The zero-order valence-electron chi connectivity index (χ0n) is 13.3. The summed E-state index contributed by atoms with van der Waals surface area (Å²) in [5, 5.41) is 15.0.